The van der Waals surface area contributed by atoms with Crippen LogP contribution in [0.25, 0.3) is 0 Å². The van der Waals surface area contributed by atoms with Crippen LogP contribution >= 0.6 is 0 Å². The number of hydrogen-bond donors (Lipinski definition) is 1. The highest BCUT2D eigenvalue weighted by Crippen LogP contribution is 2.31. The number of fused-ring (bicyclic) bond motifs is 1. The van der Waals surface area contributed by atoms with Crippen LogP contribution in [0.3, 0.4) is 0 Å². The number of carbonyl (C=O) groups excluding carboxylic acids is 2. The second kappa shape index (κ2) is 12.2. The van der Waals surface area contributed by atoms with Crippen LogP contribution in [0, 0.1) is 0 Å². The first-order valence-corrected chi connectivity index (χ1v) is 12.3. The zero-order valence-electron chi connectivity index (χ0n) is 21.4. The molecule has 37 heavy (non-hydrogen) atoms. The van der Waals surface area contributed by atoms with Crippen LogP contribution < -0.4 is 24.3 Å². The van der Waals surface area contributed by atoms with Gasteiger partial charge >= 0.3 is 0 Å². The van der Waals surface area contributed by atoms with Gasteiger partial charge in [-0.05, 0) is 60.9 Å². The van der Waals surface area contributed by atoms with Crippen LogP contribution in [0.2, 0.25) is 0 Å². The molecular formula is C29H32N2O6. The zero-order chi connectivity index (χ0) is 26.2. The number of amides is 2. The van der Waals surface area contributed by atoms with Gasteiger partial charge in [-0.2, -0.15) is 0 Å². The first-order chi connectivity index (χ1) is 18.0. The van der Waals surface area contributed by atoms with Crippen molar-refractivity contribution in [1.29, 1.82) is 0 Å². The predicted octanol–water partition coefficient (Wildman–Crippen LogP) is 4.46. The summed E-state index contributed by atoms with van der Waals surface area (Å²) in [7, 11) is 3.20. The number of hydrogen-bond acceptors (Lipinski definition) is 6. The number of nitrogens with one attached hydrogen (secondary N) is 1. The highest BCUT2D eigenvalue weighted by Gasteiger charge is 2.30. The molecule has 1 atom stereocenters. The molecule has 3 aromatic carbocycles. The van der Waals surface area contributed by atoms with E-state index in [0.717, 1.165) is 11.1 Å². The monoisotopic (exact) mass is 504 g/mol. The maximum atomic E-state index is 13.2. The molecule has 0 aliphatic carbocycles. The quantitative estimate of drug-likeness (QED) is 0.439. The van der Waals surface area contributed by atoms with E-state index < -0.39 is 6.10 Å². The first-order valence-electron chi connectivity index (χ1n) is 12.3. The van der Waals surface area contributed by atoms with Gasteiger partial charge in [0.05, 0.1) is 14.2 Å². The van der Waals surface area contributed by atoms with Gasteiger partial charge < -0.3 is 29.2 Å². The van der Waals surface area contributed by atoms with Crippen LogP contribution in [0.5, 0.6) is 23.0 Å². The summed E-state index contributed by atoms with van der Waals surface area (Å²) in [6.45, 7) is 2.71. The minimum atomic E-state index is -0.564. The van der Waals surface area contributed by atoms with E-state index in [1.165, 1.54) is 0 Å². The molecule has 8 nitrogen and oxygen atoms in total. The Morgan fingerprint density at radius 2 is 1.81 bits per heavy atom. The molecule has 0 fully saturated rings. The number of methoxy groups -OCH3 is 2. The third kappa shape index (κ3) is 6.52. The summed E-state index contributed by atoms with van der Waals surface area (Å²) in [5, 5.41) is 2.87. The summed E-state index contributed by atoms with van der Waals surface area (Å²) < 4.78 is 22.3. The topological polar surface area (TPSA) is 86.3 Å². The van der Waals surface area contributed by atoms with Crippen molar-refractivity contribution in [2.45, 2.75) is 32.4 Å². The first kappa shape index (κ1) is 25.9. The third-order valence-corrected chi connectivity index (χ3v) is 6.16. The summed E-state index contributed by atoms with van der Waals surface area (Å²) in [4.78, 5) is 27.5. The Morgan fingerprint density at radius 1 is 1.03 bits per heavy atom. The molecule has 0 spiro atoms. The van der Waals surface area contributed by atoms with E-state index in [1.54, 1.807) is 43.4 Å². The molecule has 0 bridgehead atoms. The second-order valence-electron chi connectivity index (χ2n) is 8.69. The molecule has 8 heteroatoms. The van der Waals surface area contributed by atoms with E-state index in [2.05, 4.69) is 5.32 Å². The normalized spacial score (nSPS) is 14.7. The summed E-state index contributed by atoms with van der Waals surface area (Å²) >= 11 is 0. The van der Waals surface area contributed by atoms with Crippen molar-refractivity contribution in [3.8, 4) is 23.0 Å². The van der Waals surface area contributed by atoms with Gasteiger partial charge in [-0.3, -0.25) is 9.59 Å². The minimum absolute atomic E-state index is 0.0546. The van der Waals surface area contributed by atoms with Crippen molar-refractivity contribution >= 4 is 17.5 Å². The fraction of sp³-hybridized carbons (Fsp3) is 0.310. The lowest BCUT2D eigenvalue weighted by atomic mass is 10.1. The molecule has 1 aliphatic rings. The number of carbonyl (C=O) groups is 2. The summed E-state index contributed by atoms with van der Waals surface area (Å²) in [6, 6.07) is 20.4. The molecule has 1 heterocycles. The van der Waals surface area contributed by atoms with Gasteiger partial charge in [0, 0.05) is 24.3 Å². The Kier molecular flexibility index (Phi) is 8.51. The maximum Gasteiger partial charge on any atom is 0.263 e. The molecule has 0 saturated heterocycles. The molecule has 1 aliphatic heterocycles. The molecule has 194 valence electrons. The molecule has 0 radical (unpaired) electrons. The Balaban J connectivity index is 1.45. The van der Waals surface area contributed by atoms with Crippen LogP contribution in [0.15, 0.2) is 66.7 Å². The van der Waals surface area contributed by atoms with Gasteiger partial charge in [0.1, 0.15) is 11.5 Å². The molecule has 0 saturated carbocycles. The average Bonchev–Trinajstić information content (AvgIpc) is 3.06. The molecule has 0 unspecified atom stereocenters. The lowest BCUT2D eigenvalue weighted by Gasteiger charge is -2.23. The summed E-state index contributed by atoms with van der Waals surface area (Å²) in [5.74, 6) is 2.26. The van der Waals surface area contributed by atoms with Crippen LogP contribution in [-0.4, -0.2) is 50.2 Å². The lowest BCUT2D eigenvalue weighted by Crippen LogP contribution is -2.40. The molecule has 4 rings (SSSR count). The highest BCUT2D eigenvalue weighted by atomic mass is 16.5. The number of benzene rings is 3. The van der Waals surface area contributed by atoms with E-state index in [4.69, 9.17) is 18.9 Å². The average molecular weight is 505 g/mol. The van der Waals surface area contributed by atoms with E-state index >= 15 is 0 Å². The fourth-order valence-corrected chi connectivity index (χ4v) is 4.20. The largest absolute Gasteiger partial charge is 0.493 e. The number of rotatable bonds is 10. The van der Waals surface area contributed by atoms with Gasteiger partial charge in [0.25, 0.3) is 11.8 Å². The van der Waals surface area contributed by atoms with Crippen LogP contribution in [0.1, 0.15) is 24.5 Å². The zero-order valence-corrected chi connectivity index (χ0v) is 21.4. The van der Waals surface area contributed by atoms with Crippen molar-refractivity contribution < 1.29 is 28.5 Å². The Labute approximate surface area is 217 Å². The van der Waals surface area contributed by atoms with E-state index in [-0.39, 0.29) is 18.4 Å². The molecule has 2 amide bonds. The lowest BCUT2D eigenvalue weighted by molar-refractivity contribution is -0.138. The standard InChI is InChI=1S/C29H32N2O6/c1-4-24-29(33)31(15-14-20-10-12-26(34-2)27(16-20)35-3)18-21-17-22(11-13-25(21)37-24)30-28(32)19-36-23-8-6-5-7-9-23/h5-13,16-17,24H,4,14-15,18-19H2,1-3H3,(H,30,32)/t24-/m0/s1. The van der Waals surface area contributed by atoms with E-state index in [0.29, 0.717) is 54.6 Å². The van der Waals surface area contributed by atoms with Gasteiger partial charge in [0.15, 0.2) is 24.2 Å². The van der Waals surface area contributed by atoms with Crippen molar-refractivity contribution in [2.75, 3.05) is 32.7 Å². The van der Waals surface area contributed by atoms with Gasteiger partial charge in [0.2, 0.25) is 0 Å². The second-order valence-corrected chi connectivity index (χ2v) is 8.69. The van der Waals surface area contributed by atoms with Gasteiger partial charge in [-0.1, -0.05) is 31.2 Å². The van der Waals surface area contributed by atoms with Gasteiger partial charge in [-0.25, -0.2) is 0 Å². The van der Waals surface area contributed by atoms with Crippen molar-refractivity contribution in [1.82, 2.24) is 4.90 Å². The van der Waals surface area contributed by atoms with Crippen molar-refractivity contribution in [2.24, 2.45) is 0 Å². The molecule has 3 aromatic rings. The van der Waals surface area contributed by atoms with Crippen molar-refractivity contribution in [3.05, 3.63) is 77.9 Å². The van der Waals surface area contributed by atoms with Gasteiger partial charge in [-0.15, -0.1) is 0 Å². The minimum Gasteiger partial charge on any atom is -0.493 e. The Bertz CT molecular complexity index is 1230. The third-order valence-electron chi connectivity index (χ3n) is 6.16. The van der Waals surface area contributed by atoms with Crippen LogP contribution in [-0.2, 0) is 22.6 Å². The number of anilines is 1. The van der Waals surface area contributed by atoms with Crippen molar-refractivity contribution in [3.63, 3.8) is 0 Å². The Morgan fingerprint density at radius 3 is 2.54 bits per heavy atom. The van der Waals surface area contributed by atoms with E-state index in [1.807, 2.05) is 49.4 Å². The number of nitrogens with zero attached hydrogens (tertiary/aromatic N) is 1. The predicted molar refractivity (Wildman–Crippen MR) is 140 cm³/mol. The Hall–Kier alpha value is -4.20. The fourth-order valence-electron chi connectivity index (χ4n) is 4.20. The molecule has 1 N–H and O–H groups in total. The number of para-hydroxylation sites is 1. The molecular weight excluding hydrogens is 472 g/mol. The summed E-state index contributed by atoms with van der Waals surface area (Å²) in [6.07, 6.45) is 0.636. The summed E-state index contributed by atoms with van der Waals surface area (Å²) in [5.41, 5.74) is 2.48. The van der Waals surface area contributed by atoms with Crippen LogP contribution in [0.4, 0.5) is 5.69 Å². The SMILES string of the molecule is CC[C@@H]1Oc2ccc(NC(=O)COc3ccccc3)cc2CN(CCc2ccc(OC)c(OC)c2)C1=O. The molecule has 0 aromatic heterocycles. The highest BCUT2D eigenvalue weighted by molar-refractivity contribution is 5.92. The smallest absolute Gasteiger partial charge is 0.263 e. The number of ether oxygens (including phenoxy) is 4. The van der Waals surface area contributed by atoms with E-state index in [9.17, 15) is 9.59 Å². The maximum absolute atomic E-state index is 13.2.